The van der Waals surface area contributed by atoms with Gasteiger partial charge in [0.05, 0.1) is 14.9 Å². The summed E-state index contributed by atoms with van der Waals surface area (Å²) in [5, 5.41) is 4.20. The molecule has 2 aromatic rings. The normalized spacial score (nSPS) is 16.7. The number of carbonyl (C=O) groups excluding carboxylic acids is 1. The van der Waals surface area contributed by atoms with Crippen molar-refractivity contribution in [2.24, 2.45) is 11.0 Å². The van der Waals surface area contributed by atoms with Crippen molar-refractivity contribution in [2.45, 2.75) is 26.3 Å². The third-order valence-electron chi connectivity index (χ3n) is 4.54. The maximum absolute atomic E-state index is 13.0. The molecular formula is C19H21ClFN3OS. The van der Waals surface area contributed by atoms with E-state index in [1.165, 1.54) is 23.5 Å². The summed E-state index contributed by atoms with van der Waals surface area (Å²) in [4.78, 5) is 15.6. The number of nitrogens with zero attached hydrogens (tertiary/aromatic N) is 2. The smallest absolute Gasteiger partial charge is 0.243 e. The van der Waals surface area contributed by atoms with Crippen molar-refractivity contribution in [1.82, 2.24) is 10.3 Å². The third kappa shape index (κ3) is 5.13. The Morgan fingerprint density at radius 1 is 1.27 bits per heavy atom. The number of hydrogen-bond acceptors (Lipinski definition) is 4. The predicted molar refractivity (Wildman–Crippen MR) is 104 cm³/mol. The molecule has 2 heterocycles. The topological polar surface area (TPSA) is 44.7 Å². The van der Waals surface area contributed by atoms with Crippen LogP contribution < -0.4 is 5.43 Å². The van der Waals surface area contributed by atoms with Crippen LogP contribution in [0.2, 0.25) is 4.34 Å². The molecule has 0 spiro atoms. The van der Waals surface area contributed by atoms with Crippen LogP contribution in [0, 0.1) is 11.7 Å². The molecule has 0 bridgehead atoms. The van der Waals surface area contributed by atoms with Crippen LogP contribution in [0.1, 0.15) is 30.2 Å². The number of rotatable bonds is 5. The highest BCUT2D eigenvalue weighted by molar-refractivity contribution is 7.18. The molecule has 0 atom stereocenters. The van der Waals surface area contributed by atoms with Crippen molar-refractivity contribution in [3.63, 3.8) is 0 Å². The minimum absolute atomic E-state index is 0.0251. The molecule has 4 nitrogen and oxygen atoms in total. The van der Waals surface area contributed by atoms with Crippen LogP contribution in [0.25, 0.3) is 0 Å². The summed E-state index contributed by atoms with van der Waals surface area (Å²) in [6, 6.07) is 10.3. The van der Waals surface area contributed by atoms with Crippen LogP contribution in [-0.4, -0.2) is 29.6 Å². The molecule has 1 fully saturated rings. The summed E-state index contributed by atoms with van der Waals surface area (Å²) in [5.74, 6) is -0.277. The quantitative estimate of drug-likeness (QED) is 0.608. The number of likely N-dealkylation sites (tertiary alicyclic amines) is 1. The summed E-state index contributed by atoms with van der Waals surface area (Å²) < 4.78 is 13.7. The van der Waals surface area contributed by atoms with Gasteiger partial charge in [0.25, 0.3) is 0 Å². The van der Waals surface area contributed by atoms with Crippen LogP contribution in [0.15, 0.2) is 41.5 Å². The van der Waals surface area contributed by atoms with Crippen molar-refractivity contribution < 1.29 is 9.18 Å². The Kier molecular flexibility index (Phi) is 6.40. The van der Waals surface area contributed by atoms with Crippen LogP contribution in [0.3, 0.4) is 0 Å². The lowest BCUT2D eigenvalue weighted by Gasteiger charge is -2.30. The molecule has 1 N–H and O–H groups in total. The minimum atomic E-state index is -0.218. The first-order valence-corrected chi connectivity index (χ1v) is 9.77. The Morgan fingerprint density at radius 3 is 2.58 bits per heavy atom. The molecule has 1 amide bonds. The van der Waals surface area contributed by atoms with E-state index in [-0.39, 0.29) is 17.6 Å². The molecule has 3 rings (SSSR count). The fraction of sp³-hybridized carbons (Fsp3) is 0.368. The van der Waals surface area contributed by atoms with Gasteiger partial charge in [0.15, 0.2) is 0 Å². The lowest BCUT2D eigenvalue weighted by atomic mass is 9.96. The number of carbonyl (C=O) groups is 1. The Labute approximate surface area is 161 Å². The van der Waals surface area contributed by atoms with Gasteiger partial charge in [-0.05, 0) is 62.7 Å². The second kappa shape index (κ2) is 8.75. The number of halogens is 2. The van der Waals surface area contributed by atoms with E-state index in [0.717, 1.165) is 48.6 Å². The van der Waals surface area contributed by atoms with E-state index in [4.69, 9.17) is 11.6 Å². The molecule has 0 saturated carbocycles. The van der Waals surface area contributed by atoms with E-state index in [9.17, 15) is 9.18 Å². The average molecular weight is 394 g/mol. The third-order valence-corrected chi connectivity index (χ3v) is 5.88. The molecule has 7 heteroatoms. The highest BCUT2D eigenvalue weighted by Gasteiger charge is 2.24. The summed E-state index contributed by atoms with van der Waals surface area (Å²) in [6.45, 7) is 4.33. The summed E-state index contributed by atoms with van der Waals surface area (Å²) >= 11 is 7.36. The molecule has 0 radical (unpaired) electrons. The van der Waals surface area contributed by atoms with E-state index in [2.05, 4.69) is 15.4 Å². The number of hydrogen-bond donors (Lipinski definition) is 1. The number of piperidine rings is 1. The molecule has 26 heavy (non-hydrogen) atoms. The SMILES string of the molecule is CC(=NNC(=O)C1CCN(Cc2ccc(F)cc2)CC1)c1ccc(Cl)s1. The lowest BCUT2D eigenvalue weighted by molar-refractivity contribution is -0.126. The molecule has 1 aromatic carbocycles. The van der Waals surface area contributed by atoms with Crippen molar-refractivity contribution in [2.75, 3.05) is 13.1 Å². The number of thiophene rings is 1. The molecule has 1 aliphatic heterocycles. The zero-order valence-corrected chi connectivity index (χ0v) is 16.1. The van der Waals surface area contributed by atoms with Gasteiger partial charge in [-0.3, -0.25) is 9.69 Å². The molecule has 0 aliphatic carbocycles. The summed E-state index contributed by atoms with van der Waals surface area (Å²) in [6.07, 6.45) is 1.60. The number of hydrazone groups is 1. The maximum atomic E-state index is 13.0. The van der Waals surface area contributed by atoms with Crippen molar-refractivity contribution in [3.8, 4) is 0 Å². The second-order valence-corrected chi connectivity index (χ2v) is 8.17. The Bertz CT molecular complexity index is 782. The van der Waals surface area contributed by atoms with Crippen LogP contribution >= 0.6 is 22.9 Å². The first kappa shape index (κ1) is 19.0. The van der Waals surface area contributed by atoms with Crippen LogP contribution in [0.4, 0.5) is 4.39 Å². The van der Waals surface area contributed by atoms with Crippen molar-refractivity contribution in [1.29, 1.82) is 0 Å². The number of benzene rings is 1. The van der Waals surface area contributed by atoms with Gasteiger partial charge < -0.3 is 0 Å². The molecule has 0 unspecified atom stereocenters. The van der Waals surface area contributed by atoms with Gasteiger partial charge in [0.1, 0.15) is 5.82 Å². The van der Waals surface area contributed by atoms with Gasteiger partial charge >= 0.3 is 0 Å². The fourth-order valence-corrected chi connectivity index (χ4v) is 3.98. The second-order valence-electron chi connectivity index (χ2n) is 6.45. The predicted octanol–water partition coefficient (Wildman–Crippen LogP) is 4.29. The Morgan fingerprint density at radius 2 is 1.96 bits per heavy atom. The van der Waals surface area contributed by atoms with Gasteiger partial charge in [-0.25, -0.2) is 9.82 Å². The van der Waals surface area contributed by atoms with Gasteiger partial charge in [-0.2, -0.15) is 5.10 Å². The Hall–Kier alpha value is -1.76. The van der Waals surface area contributed by atoms with Gasteiger partial charge in [-0.15, -0.1) is 11.3 Å². The summed E-state index contributed by atoms with van der Waals surface area (Å²) in [7, 11) is 0. The molecule has 1 aromatic heterocycles. The largest absolute Gasteiger partial charge is 0.299 e. The highest BCUT2D eigenvalue weighted by atomic mass is 35.5. The van der Waals surface area contributed by atoms with E-state index < -0.39 is 0 Å². The van der Waals surface area contributed by atoms with E-state index in [1.54, 1.807) is 0 Å². The first-order chi connectivity index (χ1) is 12.5. The Balaban J connectivity index is 1.46. The van der Waals surface area contributed by atoms with Gasteiger partial charge in [-0.1, -0.05) is 23.7 Å². The molecular weight excluding hydrogens is 373 g/mol. The van der Waals surface area contributed by atoms with E-state index >= 15 is 0 Å². The lowest BCUT2D eigenvalue weighted by Crippen LogP contribution is -2.39. The molecule has 1 aliphatic rings. The van der Waals surface area contributed by atoms with Crippen molar-refractivity contribution in [3.05, 3.63) is 57.0 Å². The molecule has 1 saturated heterocycles. The number of amides is 1. The van der Waals surface area contributed by atoms with Crippen LogP contribution in [0.5, 0.6) is 0 Å². The standard InChI is InChI=1S/C19H21ClFN3OS/c1-13(17-6-7-18(20)26-17)22-23-19(25)15-8-10-24(11-9-15)12-14-2-4-16(21)5-3-14/h2-7,15H,8-12H2,1H3,(H,23,25). The molecule has 138 valence electrons. The maximum Gasteiger partial charge on any atom is 0.243 e. The summed E-state index contributed by atoms with van der Waals surface area (Å²) in [5.41, 5.74) is 4.52. The van der Waals surface area contributed by atoms with Crippen LogP contribution in [-0.2, 0) is 11.3 Å². The van der Waals surface area contributed by atoms with E-state index in [0.29, 0.717) is 4.34 Å². The highest BCUT2D eigenvalue weighted by Crippen LogP contribution is 2.22. The van der Waals surface area contributed by atoms with E-state index in [1.807, 2.05) is 31.2 Å². The van der Waals surface area contributed by atoms with Gasteiger partial charge in [0, 0.05) is 12.5 Å². The number of nitrogens with one attached hydrogen (secondary N) is 1. The average Bonchev–Trinajstić information content (AvgIpc) is 3.08. The zero-order valence-electron chi connectivity index (χ0n) is 14.5. The first-order valence-electron chi connectivity index (χ1n) is 8.58. The zero-order chi connectivity index (χ0) is 18.5. The van der Waals surface area contributed by atoms with Gasteiger partial charge in [0.2, 0.25) is 5.91 Å². The fourth-order valence-electron chi connectivity index (χ4n) is 3.00. The van der Waals surface area contributed by atoms with Crippen molar-refractivity contribution >= 4 is 34.6 Å². The minimum Gasteiger partial charge on any atom is -0.299 e. The monoisotopic (exact) mass is 393 g/mol.